The molecule has 1 N–H and O–H groups in total. The molecule has 1 atom stereocenters. The largest absolute Gasteiger partial charge is 0.462 e. The summed E-state index contributed by atoms with van der Waals surface area (Å²) in [7, 11) is 0. The summed E-state index contributed by atoms with van der Waals surface area (Å²) in [5.41, 5.74) is 2.85. The Morgan fingerprint density at radius 2 is 2.11 bits per heavy atom. The molecule has 27 heavy (non-hydrogen) atoms. The molecule has 4 rings (SSSR count). The predicted octanol–water partition coefficient (Wildman–Crippen LogP) is 5.13. The Morgan fingerprint density at radius 3 is 2.89 bits per heavy atom. The van der Waals surface area contributed by atoms with Gasteiger partial charge >= 0.3 is 5.97 Å². The van der Waals surface area contributed by atoms with Crippen molar-refractivity contribution in [2.45, 2.75) is 39.5 Å². The van der Waals surface area contributed by atoms with Gasteiger partial charge in [-0.2, -0.15) is 0 Å². The van der Waals surface area contributed by atoms with Crippen LogP contribution in [0.5, 0.6) is 0 Å². The molecule has 5 nitrogen and oxygen atoms in total. The molecule has 2 aromatic heterocycles. The second-order valence-electron chi connectivity index (χ2n) is 7.09. The normalized spacial score (nSPS) is 16.1. The van der Waals surface area contributed by atoms with E-state index < -0.39 is 0 Å². The van der Waals surface area contributed by atoms with Crippen molar-refractivity contribution < 1.29 is 9.53 Å². The van der Waals surface area contributed by atoms with Crippen LogP contribution in [-0.4, -0.2) is 22.5 Å². The number of rotatable bonds is 5. The third kappa shape index (κ3) is 3.67. The van der Waals surface area contributed by atoms with Crippen LogP contribution in [-0.2, 0) is 17.6 Å². The van der Waals surface area contributed by atoms with Gasteiger partial charge in [0.25, 0.3) is 0 Å². The lowest BCUT2D eigenvalue weighted by Crippen LogP contribution is -2.09. The van der Waals surface area contributed by atoms with Crippen molar-refractivity contribution in [1.29, 1.82) is 0 Å². The molecule has 0 amide bonds. The van der Waals surface area contributed by atoms with Crippen LogP contribution in [0, 0.1) is 5.92 Å². The number of carbonyl (C=O) groups excluding carboxylic acids is 1. The number of hydrogen-bond acceptors (Lipinski definition) is 6. The molecule has 0 saturated heterocycles. The molecule has 0 radical (unpaired) electrons. The number of nitrogens with one attached hydrogen (secondary N) is 1. The van der Waals surface area contributed by atoms with E-state index in [0.29, 0.717) is 12.2 Å². The Kier molecular flexibility index (Phi) is 5.07. The second-order valence-corrected chi connectivity index (χ2v) is 8.18. The van der Waals surface area contributed by atoms with Gasteiger partial charge in [0, 0.05) is 10.6 Å². The first kappa shape index (κ1) is 17.9. The van der Waals surface area contributed by atoms with Crippen LogP contribution in [0.15, 0.2) is 30.6 Å². The van der Waals surface area contributed by atoms with Crippen LogP contribution in [0.4, 0.5) is 11.5 Å². The quantitative estimate of drug-likeness (QED) is 0.621. The van der Waals surface area contributed by atoms with Crippen LogP contribution in [0.3, 0.4) is 0 Å². The van der Waals surface area contributed by atoms with Gasteiger partial charge in [0.05, 0.1) is 17.6 Å². The Morgan fingerprint density at radius 1 is 1.30 bits per heavy atom. The third-order valence-corrected chi connectivity index (χ3v) is 6.07. The van der Waals surface area contributed by atoms with Crippen LogP contribution < -0.4 is 5.32 Å². The van der Waals surface area contributed by atoms with E-state index in [-0.39, 0.29) is 5.97 Å². The van der Waals surface area contributed by atoms with E-state index in [2.05, 4.69) is 22.2 Å². The lowest BCUT2D eigenvalue weighted by molar-refractivity contribution is 0.0505. The fourth-order valence-electron chi connectivity index (χ4n) is 3.47. The lowest BCUT2D eigenvalue weighted by atomic mass is 9.89. The summed E-state index contributed by atoms with van der Waals surface area (Å²) in [6.45, 7) is 4.73. The van der Waals surface area contributed by atoms with Crippen LogP contribution in [0.25, 0.3) is 10.2 Å². The minimum atomic E-state index is -0.283. The van der Waals surface area contributed by atoms with Gasteiger partial charge in [-0.15, -0.1) is 11.3 Å². The van der Waals surface area contributed by atoms with Crippen LogP contribution >= 0.6 is 11.3 Å². The molecule has 0 aliphatic heterocycles. The zero-order chi connectivity index (χ0) is 18.8. The molecule has 0 fully saturated rings. The lowest BCUT2D eigenvalue weighted by Gasteiger charge is -2.18. The number of thiophene rings is 1. The van der Waals surface area contributed by atoms with Crippen molar-refractivity contribution in [2.24, 2.45) is 5.92 Å². The zero-order valence-corrected chi connectivity index (χ0v) is 16.4. The van der Waals surface area contributed by atoms with Crippen molar-refractivity contribution in [1.82, 2.24) is 9.97 Å². The standard InChI is InChI=1S/C21H23N3O2S/c1-3-10-26-21(25)14-5-7-15(8-6-14)24-19-18-16-9-4-13(2)11-17(16)27-20(18)23-12-22-19/h5-8,12-13H,3-4,9-11H2,1-2H3,(H,22,23,24). The molecule has 1 aliphatic rings. The van der Waals surface area contributed by atoms with Gasteiger partial charge in [-0.05, 0) is 61.4 Å². The summed E-state index contributed by atoms with van der Waals surface area (Å²) in [5, 5.41) is 4.56. The number of anilines is 2. The summed E-state index contributed by atoms with van der Waals surface area (Å²) >= 11 is 1.79. The van der Waals surface area contributed by atoms with Crippen LogP contribution in [0.2, 0.25) is 0 Å². The number of benzene rings is 1. The van der Waals surface area contributed by atoms with Crippen molar-refractivity contribution in [3.63, 3.8) is 0 Å². The molecule has 0 saturated carbocycles. The average Bonchev–Trinajstić information content (AvgIpc) is 3.05. The maximum atomic E-state index is 11.9. The van der Waals surface area contributed by atoms with Crippen molar-refractivity contribution >= 4 is 39.0 Å². The summed E-state index contributed by atoms with van der Waals surface area (Å²) < 4.78 is 5.17. The molecule has 6 heteroatoms. The van der Waals surface area contributed by atoms with E-state index >= 15 is 0 Å². The molecule has 0 spiro atoms. The maximum Gasteiger partial charge on any atom is 0.338 e. The number of carbonyl (C=O) groups is 1. The minimum absolute atomic E-state index is 0.283. The van der Waals surface area contributed by atoms with E-state index in [4.69, 9.17) is 4.74 Å². The number of nitrogens with zero attached hydrogens (tertiary/aromatic N) is 2. The fraction of sp³-hybridized carbons (Fsp3) is 0.381. The Balaban J connectivity index is 1.59. The average molecular weight is 382 g/mol. The monoisotopic (exact) mass is 381 g/mol. The number of hydrogen-bond donors (Lipinski definition) is 1. The first-order chi connectivity index (χ1) is 13.2. The number of ether oxygens (including phenoxy) is 1. The third-order valence-electron chi connectivity index (χ3n) is 4.91. The van der Waals surface area contributed by atoms with Crippen molar-refractivity contribution in [2.75, 3.05) is 11.9 Å². The minimum Gasteiger partial charge on any atom is -0.462 e. The highest BCUT2D eigenvalue weighted by atomic mass is 32.1. The van der Waals surface area contributed by atoms with Gasteiger partial charge < -0.3 is 10.1 Å². The second kappa shape index (κ2) is 7.64. The molecule has 1 aliphatic carbocycles. The van der Waals surface area contributed by atoms with E-state index in [1.54, 1.807) is 29.8 Å². The molecule has 1 unspecified atom stereocenters. The molecule has 0 bridgehead atoms. The number of aryl methyl sites for hydroxylation is 1. The topological polar surface area (TPSA) is 64.1 Å². The number of aromatic nitrogens is 2. The number of esters is 1. The Bertz CT molecular complexity index is 965. The van der Waals surface area contributed by atoms with Crippen molar-refractivity contribution in [3.8, 4) is 0 Å². The van der Waals surface area contributed by atoms with Gasteiger partial charge in [-0.1, -0.05) is 13.8 Å². The molecule has 1 aromatic carbocycles. The highest BCUT2D eigenvalue weighted by Crippen LogP contribution is 2.40. The fourth-order valence-corrected chi connectivity index (χ4v) is 4.82. The van der Waals surface area contributed by atoms with Gasteiger partial charge in [-0.3, -0.25) is 0 Å². The summed E-state index contributed by atoms with van der Waals surface area (Å²) in [6, 6.07) is 7.34. The highest BCUT2D eigenvalue weighted by molar-refractivity contribution is 7.19. The summed E-state index contributed by atoms with van der Waals surface area (Å²) in [6.07, 6.45) is 5.86. The SMILES string of the molecule is CCCOC(=O)c1ccc(Nc2ncnc3sc4c(c23)CCC(C)C4)cc1. The van der Waals surface area contributed by atoms with Gasteiger partial charge in [0.1, 0.15) is 17.0 Å². The van der Waals surface area contributed by atoms with E-state index in [0.717, 1.165) is 46.9 Å². The predicted molar refractivity (Wildman–Crippen MR) is 109 cm³/mol. The van der Waals surface area contributed by atoms with E-state index in [1.807, 2.05) is 19.1 Å². The molecule has 3 aromatic rings. The smallest absolute Gasteiger partial charge is 0.338 e. The van der Waals surface area contributed by atoms with Crippen molar-refractivity contribution in [3.05, 3.63) is 46.6 Å². The first-order valence-corrected chi connectivity index (χ1v) is 10.3. The highest BCUT2D eigenvalue weighted by Gasteiger charge is 2.23. The van der Waals surface area contributed by atoms with E-state index in [1.165, 1.54) is 16.9 Å². The molecule has 140 valence electrons. The van der Waals surface area contributed by atoms with E-state index in [9.17, 15) is 4.79 Å². The summed E-state index contributed by atoms with van der Waals surface area (Å²) in [4.78, 5) is 23.4. The zero-order valence-electron chi connectivity index (χ0n) is 15.6. The molecular formula is C21H23N3O2S. The Hall–Kier alpha value is -2.47. The summed E-state index contributed by atoms with van der Waals surface area (Å²) in [5.74, 6) is 1.29. The first-order valence-electron chi connectivity index (χ1n) is 9.45. The van der Waals surface area contributed by atoms with Gasteiger partial charge in [0.2, 0.25) is 0 Å². The maximum absolute atomic E-state index is 11.9. The van der Waals surface area contributed by atoms with Gasteiger partial charge in [0.15, 0.2) is 0 Å². The number of fused-ring (bicyclic) bond motifs is 3. The van der Waals surface area contributed by atoms with Gasteiger partial charge in [-0.25, -0.2) is 14.8 Å². The molecular weight excluding hydrogens is 358 g/mol. The molecule has 2 heterocycles. The Labute approximate surface area is 162 Å². The van der Waals surface area contributed by atoms with Crippen LogP contribution in [0.1, 0.15) is 47.5 Å².